The number of carbonyl (C=O) groups is 2. The molecule has 0 atom stereocenters. The Bertz CT molecular complexity index is 357. The Kier molecular flexibility index (Phi) is 7.20. The Morgan fingerprint density at radius 1 is 0.955 bits per heavy atom. The van der Waals surface area contributed by atoms with Gasteiger partial charge in [-0.3, -0.25) is 9.59 Å². The van der Waals surface area contributed by atoms with E-state index in [0.717, 1.165) is 25.7 Å². The maximum Gasteiger partial charge on any atom is 0.307 e. The number of rotatable bonds is 6. The van der Waals surface area contributed by atoms with Crippen LogP contribution in [0.25, 0.3) is 0 Å². The van der Waals surface area contributed by atoms with Gasteiger partial charge in [-0.15, -0.1) is 0 Å². The number of amides is 1. The molecule has 126 valence electrons. The van der Waals surface area contributed by atoms with Crippen molar-refractivity contribution in [1.82, 2.24) is 4.90 Å². The summed E-state index contributed by atoms with van der Waals surface area (Å²) in [6, 6.07) is 0.345. The molecule has 0 aromatic carbocycles. The average molecular weight is 309 g/mol. The zero-order chi connectivity index (χ0) is 15.8. The average Bonchev–Trinajstić information content (AvgIpc) is 2.57. The Morgan fingerprint density at radius 3 is 2.14 bits per heavy atom. The van der Waals surface area contributed by atoms with Crippen molar-refractivity contribution in [2.45, 2.75) is 83.6 Å². The molecule has 22 heavy (non-hydrogen) atoms. The summed E-state index contributed by atoms with van der Waals surface area (Å²) in [7, 11) is 0. The van der Waals surface area contributed by atoms with Crippen LogP contribution >= 0.6 is 0 Å². The molecule has 0 aliphatic heterocycles. The maximum absolute atomic E-state index is 12.9. The largest absolute Gasteiger partial charge is 0.466 e. The van der Waals surface area contributed by atoms with E-state index in [-0.39, 0.29) is 11.9 Å². The highest BCUT2D eigenvalue weighted by molar-refractivity contribution is 5.80. The molecular formula is C18H31NO3. The Labute approximate surface area is 134 Å². The first kappa shape index (κ1) is 17.3. The summed E-state index contributed by atoms with van der Waals surface area (Å²) in [5.41, 5.74) is 0. The fourth-order valence-electron chi connectivity index (χ4n) is 3.89. The Morgan fingerprint density at radius 2 is 1.55 bits per heavy atom. The van der Waals surface area contributed by atoms with E-state index in [1.165, 1.54) is 38.5 Å². The van der Waals surface area contributed by atoms with Gasteiger partial charge in [-0.2, -0.15) is 0 Å². The quantitative estimate of drug-likeness (QED) is 0.703. The zero-order valence-corrected chi connectivity index (χ0v) is 14.0. The van der Waals surface area contributed by atoms with Crippen LogP contribution in [0.2, 0.25) is 0 Å². The van der Waals surface area contributed by atoms with Gasteiger partial charge in [0.05, 0.1) is 13.0 Å². The van der Waals surface area contributed by atoms with E-state index in [4.69, 9.17) is 4.74 Å². The predicted octanol–water partition coefficient (Wildman–Crippen LogP) is 3.68. The first-order valence-corrected chi connectivity index (χ1v) is 9.18. The monoisotopic (exact) mass is 309 g/mol. The van der Waals surface area contributed by atoms with E-state index < -0.39 is 0 Å². The van der Waals surface area contributed by atoms with Crippen molar-refractivity contribution in [3.8, 4) is 0 Å². The summed E-state index contributed by atoms with van der Waals surface area (Å²) >= 11 is 0. The maximum atomic E-state index is 12.9. The second-order valence-electron chi connectivity index (χ2n) is 6.71. The van der Waals surface area contributed by atoms with Gasteiger partial charge >= 0.3 is 5.97 Å². The normalized spacial score (nSPS) is 20.6. The molecule has 0 saturated heterocycles. The number of nitrogens with zero attached hydrogens (tertiary/aromatic N) is 1. The highest BCUT2D eigenvalue weighted by atomic mass is 16.5. The fourth-order valence-corrected chi connectivity index (χ4v) is 3.89. The summed E-state index contributed by atoms with van der Waals surface area (Å²) < 4.78 is 5.03. The van der Waals surface area contributed by atoms with Crippen LogP contribution in [-0.4, -0.2) is 36.0 Å². The third kappa shape index (κ3) is 4.99. The molecule has 2 aliphatic carbocycles. The van der Waals surface area contributed by atoms with E-state index in [1.807, 2.05) is 11.8 Å². The van der Waals surface area contributed by atoms with Gasteiger partial charge in [0, 0.05) is 18.5 Å². The number of ether oxygens (including phenoxy) is 1. The van der Waals surface area contributed by atoms with Gasteiger partial charge in [0.1, 0.15) is 0 Å². The van der Waals surface area contributed by atoms with Gasteiger partial charge in [0.25, 0.3) is 0 Å². The van der Waals surface area contributed by atoms with Crippen molar-refractivity contribution >= 4 is 11.9 Å². The molecule has 4 heteroatoms. The van der Waals surface area contributed by atoms with E-state index in [0.29, 0.717) is 31.5 Å². The van der Waals surface area contributed by atoms with Crippen LogP contribution < -0.4 is 0 Å². The second kappa shape index (κ2) is 9.16. The van der Waals surface area contributed by atoms with E-state index in [2.05, 4.69) is 0 Å². The minimum atomic E-state index is -0.181. The highest BCUT2D eigenvalue weighted by Crippen LogP contribution is 2.29. The molecular weight excluding hydrogens is 278 g/mol. The third-order valence-corrected chi connectivity index (χ3v) is 5.12. The lowest BCUT2D eigenvalue weighted by Crippen LogP contribution is -2.46. The molecule has 1 amide bonds. The van der Waals surface area contributed by atoms with Crippen LogP contribution in [0.3, 0.4) is 0 Å². The molecule has 0 aromatic heterocycles. The van der Waals surface area contributed by atoms with Crippen molar-refractivity contribution in [1.29, 1.82) is 0 Å². The van der Waals surface area contributed by atoms with Crippen molar-refractivity contribution in [3.05, 3.63) is 0 Å². The number of carbonyl (C=O) groups excluding carboxylic acids is 2. The lowest BCUT2D eigenvalue weighted by atomic mass is 9.86. The predicted molar refractivity (Wildman–Crippen MR) is 86.4 cm³/mol. The lowest BCUT2D eigenvalue weighted by molar-refractivity contribution is -0.145. The molecule has 2 fully saturated rings. The molecule has 0 unspecified atom stereocenters. The molecule has 0 aromatic rings. The molecule has 0 bridgehead atoms. The van der Waals surface area contributed by atoms with Crippen molar-refractivity contribution < 1.29 is 14.3 Å². The minimum absolute atomic E-state index is 0.181. The zero-order valence-electron chi connectivity index (χ0n) is 14.0. The summed E-state index contributed by atoms with van der Waals surface area (Å²) in [5.74, 6) is 0.313. The Balaban J connectivity index is 1.96. The van der Waals surface area contributed by atoms with Crippen LogP contribution in [0.15, 0.2) is 0 Å². The van der Waals surface area contributed by atoms with Gasteiger partial charge in [0.15, 0.2) is 0 Å². The Hall–Kier alpha value is -1.06. The van der Waals surface area contributed by atoms with Gasteiger partial charge < -0.3 is 9.64 Å². The fraction of sp³-hybridized carbons (Fsp3) is 0.889. The van der Waals surface area contributed by atoms with E-state index >= 15 is 0 Å². The summed E-state index contributed by atoms with van der Waals surface area (Å²) in [4.78, 5) is 26.6. The van der Waals surface area contributed by atoms with Gasteiger partial charge in [-0.25, -0.2) is 0 Å². The van der Waals surface area contributed by atoms with E-state index in [9.17, 15) is 9.59 Å². The molecule has 2 aliphatic rings. The number of esters is 1. The van der Waals surface area contributed by atoms with Gasteiger partial charge in [-0.1, -0.05) is 38.5 Å². The van der Waals surface area contributed by atoms with Gasteiger partial charge in [-0.05, 0) is 32.6 Å². The molecule has 0 heterocycles. The SMILES string of the molecule is CCOC(=O)CCN(C(=O)C1CCCCC1)C1CCCCC1. The highest BCUT2D eigenvalue weighted by Gasteiger charge is 2.31. The molecule has 0 N–H and O–H groups in total. The standard InChI is InChI=1S/C18H31NO3/c1-2-22-17(20)13-14-19(16-11-7-4-8-12-16)18(21)15-9-5-3-6-10-15/h15-16H,2-14H2,1H3. The first-order chi connectivity index (χ1) is 10.7. The van der Waals surface area contributed by atoms with Crippen molar-refractivity contribution in [2.24, 2.45) is 5.92 Å². The number of hydrogen-bond donors (Lipinski definition) is 0. The molecule has 4 nitrogen and oxygen atoms in total. The molecule has 0 spiro atoms. The smallest absolute Gasteiger partial charge is 0.307 e. The summed E-state index contributed by atoms with van der Waals surface area (Å²) in [6.07, 6.45) is 11.9. The van der Waals surface area contributed by atoms with Crippen LogP contribution in [-0.2, 0) is 14.3 Å². The van der Waals surface area contributed by atoms with E-state index in [1.54, 1.807) is 0 Å². The molecule has 0 radical (unpaired) electrons. The second-order valence-corrected chi connectivity index (χ2v) is 6.71. The van der Waals surface area contributed by atoms with Crippen molar-refractivity contribution in [3.63, 3.8) is 0 Å². The topological polar surface area (TPSA) is 46.6 Å². The van der Waals surface area contributed by atoms with Crippen LogP contribution in [0.1, 0.15) is 77.6 Å². The first-order valence-electron chi connectivity index (χ1n) is 9.18. The van der Waals surface area contributed by atoms with Crippen LogP contribution in [0.5, 0.6) is 0 Å². The summed E-state index contributed by atoms with van der Waals surface area (Å²) in [6.45, 7) is 2.78. The van der Waals surface area contributed by atoms with Crippen LogP contribution in [0.4, 0.5) is 0 Å². The lowest BCUT2D eigenvalue weighted by Gasteiger charge is -2.37. The minimum Gasteiger partial charge on any atom is -0.466 e. The van der Waals surface area contributed by atoms with Crippen molar-refractivity contribution in [2.75, 3.05) is 13.2 Å². The summed E-state index contributed by atoms with van der Waals surface area (Å²) in [5, 5.41) is 0. The molecule has 2 saturated carbocycles. The van der Waals surface area contributed by atoms with Crippen LogP contribution in [0, 0.1) is 5.92 Å². The molecule has 2 rings (SSSR count). The third-order valence-electron chi connectivity index (χ3n) is 5.12. The van der Waals surface area contributed by atoms with Gasteiger partial charge in [0.2, 0.25) is 5.91 Å². The number of hydrogen-bond acceptors (Lipinski definition) is 3.